The molecule has 0 heterocycles. The maximum Gasteiger partial charge on any atom is 0.176 e. The van der Waals surface area contributed by atoms with Crippen molar-refractivity contribution in [3.05, 3.63) is 35.9 Å². The van der Waals surface area contributed by atoms with Crippen LogP contribution in [0, 0.1) is 0 Å². The molecule has 0 saturated heterocycles. The molecule has 2 heteroatoms. The lowest BCUT2D eigenvalue weighted by Crippen LogP contribution is -2.13. The van der Waals surface area contributed by atoms with Gasteiger partial charge in [-0.25, -0.2) is 0 Å². The van der Waals surface area contributed by atoms with Gasteiger partial charge in [-0.15, -0.1) is 0 Å². The summed E-state index contributed by atoms with van der Waals surface area (Å²) < 4.78 is 5.55. The molecule has 1 aromatic carbocycles. The van der Waals surface area contributed by atoms with E-state index < -0.39 is 9.04 Å². The van der Waals surface area contributed by atoms with Gasteiger partial charge in [-0.3, -0.25) is 0 Å². The van der Waals surface area contributed by atoms with Gasteiger partial charge in [0.1, 0.15) is 0 Å². The molecule has 0 saturated carbocycles. The molecule has 0 spiro atoms. The third kappa shape index (κ3) is 9.86. The third-order valence-corrected chi connectivity index (χ3v) is 7.00. The van der Waals surface area contributed by atoms with E-state index in [0.717, 1.165) is 0 Å². The molecule has 120 valence electrons. The van der Waals surface area contributed by atoms with Crippen LogP contribution in [-0.2, 0) is 10.8 Å². The van der Waals surface area contributed by atoms with Crippen LogP contribution in [0.3, 0.4) is 0 Å². The van der Waals surface area contributed by atoms with E-state index in [0.29, 0.717) is 0 Å². The van der Waals surface area contributed by atoms with Crippen LogP contribution in [0.4, 0.5) is 0 Å². The molecule has 21 heavy (non-hydrogen) atoms. The summed E-state index contributed by atoms with van der Waals surface area (Å²) in [7, 11) is 1.10. The molecule has 0 radical (unpaired) electrons. The number of aryl methyl sites for hydroxylation is 1. The highest BCUT2D eigenvalue weighted by Gasteiger charge is 2.05. The predicted molar refractivity (Wildman–Crippen MR) is 96.5 cm³/mol. The summed E-state index contributed by atoms with van der Waals surface area (Å²) in [5, 5.41) is 0. The van der Waals surface area contributed by atoms with E-state index in [9.17, 15) is 0 Å². The lowest BCUT2D eigenvalue weighted by atomic mass is 10.0. The van der Waals surface area contributed by atoms with E-state index >= 15 is 0 Å². The highest BCUT2D eigenvalue weighted by atomic mass is 28.3. The van der Waals surface area contributed by atoms with Crippen molar-refractivity contribution in [3.63, 3.8) is 0 Å². The van der Waals surface area contributed by atoms with Gasteiger partial charge in [0.25, 0.3) is 0 Å². The van der Waals surface area contributed by atoms with Crippen molar-refractivity contribution in [1.29, 1.82) is 0 Å². The Morgan fingerprint density at radius 2 is 1.38 bits per heavy atom. The second kappa shape index (κ2) is 13.1. The molecular weight excluding hydrogens is 272 g/mol. The Balaban J connectivity index is 1.82. The zero-order valence-electron chi connectivity index (χ0n) is 14.2. The maximum atomic E-state index is 5.55. The van der Waals surface area contributed by atoms with Gasteiger partial charge in [-0.1, -0.05) is 82.2 Å². The molecule has 1 atom stereocenters. The average molecular weight is 307 g/mol. The predicted octanol–water partition coefficient (Wildman–Crippen LogP) is 5.74. The molecule has 0 bridgehead atoms. The Bertz CT molecular complexity index is 322. The second-order valence-corrected chi connectivity index (χ2v) is 9.23. The molecule has 0 aliphatic heterocycles. The van der Waals surface area contributed by atoms with Crippen molar-refractivity contribution in [2.75, 3.05) is 7.11 Å². The Kier molecular flexibility index (Phi) is 11.5. The van der Waals surface area contributed by atoms with Gasteiger partial charge < -0.3 is 4.43 Å². The molecule has 0 aliphatic rings. The van der Waals surface area contributed by atoms with Crippen LogP contribution in [0.1, 0.15) is 63.9 Å². The minimum Gasteiger partial charge on any atom is -0.423 e. The van der Waals surface area contributed by atoms with E-state index in [1.807, 2.05) is 7.11 Å². The molecule has 0 aromatic heterocycles. The van der Waals surface area contributed by atoms with Crippen LogP contribution < -0.4 is 0 Å². The van der Waals surface area contributed by atoms with E-state index in [1.54, 1.807) is 0 Å². The van der Waals surface area contributed by atoms with Crippen molar-refractivity contribution in [2.45, 2.75) is 76.8 Å². The van der Waals surface area contributed by atoms with Crippen LogP contribution in [0.2, 0.25) is 12.1 Å². The van der Waals surface area contributed by atoms with Gasteiger partial charge >= 0.3 is 0 Å². The SMILES string of the molecule is CC[SiH](CCCCCCCCCCc1ccccc1)OC. The molecular formula is C19H34OSi. The first kappa shape index (κ1) is 18.4. The highest BCUT2D eigenvalue weighted by molar-refractivity contribution is 6.51. The largest absolute Gasteiger partial charge is 0.423 e. The molecule has 1 nitrogen and oxygen atoms in total. The Hall–Kier alpha value is -0.603. The van der Waals surface area contributed by atoms with E-state index in [4.69, 9.17) is 4.43 Å². The average Bonchev–Trinajstić information content (AvgIpc) is 2.54. The molecule has 0 aliphatic carbocycles. The third-order valence-electron chi connectivity index (χ3n) is 4.37. The fourth-order valence-electron chi connectivity index (χ4n) is 2.90. The molecule has 1 unspecified atom stereocenters. The van der Waals surface area contributed by atoms with Crippen LogP contribution in [-0.4, -0.2) is 16.2 Å². The van der Waals surface area contributed by atoms with Gasteiger partial charge in [-0.2, -0.15) is 0 Å². The summed E-state index contributed by atoms with van der Waals surface area (Å²) in [5.74, 6) is 0. The van der Waals surface area contributed by atoms with Crippen LogP contribution >= 0.6 is 0 Å². The van der Waals surface area contributed by atoms with E-state index in [-0.39, 0.29) is 0 Å². The van der Waals surface area contributed by atoms with Crippen molar-refractivity contribution in [3.8, 4) is 0 Å². The number of hydrogen-bond donors (Lipinski definition) is 0. The zero-order valence-corrected chi connectivity index (χ0v) is 15.3. The zero-order chi connectivity index (χ0) is 15.2. The fourth-order valence-corrected chi connectivity index (χ4v) is 4.62. The van der Waals surface area contributed by atoms with Gasteiger partial charge in [0.05, 0.1) is 0 Å². The number of benzene rings is 1. The Labute approximate surface area is 133 Å². The van der Waals surface area contributed by atoms with Gasteiger partial charge in [0, 0.05) is 7.11 Å². The minimum atomic E-state index is -0.797. The molecule has 1 rings (SSSR count). The number of rotatable bonds is 13. The first-order valence-corrected chi connectivity index (χ1v) is 11.0. The number of hydrogen-bond acceptors (Lipinski definition) is 1. The maximum absolute atomic E-state index is 5.55. The second-order valence-electron chi connectivity index (χ2n) is 6.12. The molecule has 1 aromatic rings. The molecule has 0 amide bonds. The topological polar surface area (TPSA) is 9.23 Å². The summed E-state index contributed by atoms with van der Waals surface area (Å²) in [6.07, 6.45) is 12.5. The number of unbranched alkanes of at least 4 members (excludes halogenated alkanes) is 7. The minimum absolute atomic E-state index is 0.797. The normalized spacial score (nSPS) is 12.5. The summed E-state index contributed by atoms with van der Waals surface area (Å²) in [4.78, 5) is 0. The van der Waals surface area contributed by atoms with Crippen molar-refractivity contribution in [2.24, 2.45) is 0 Å². The van der Waals surface area contributed by atoms with Crippen LogP contribution in [0.25, 0.3) is 0 Å². The first-order chi connectivity index (χ1) is 10.4. The Morgan fingerprint density at radius 1 is 0.810 bits per heavy atom. The van der Waals surface area contributed by atoms with E-state index in [1.165, 1.54) is 75.4 Å². The quantitative estimate of drug-likeness (QED) is 0.333. The molecule has 0 N–H and O–H groups in total. The molecule has 0 fully saturated rings. The summed E-state index contributed by atoms with van der Waals surface area (Å²) in [5.41, 5.74) is 1.49. The van der Waals surface area contributed by atoms with Crippen LogP contribution in [0.15, 0.2) is 30.3 Å². The standard InChI is InChI=1S/C19H34OSi/c1-3-21(20-2)18-14-9-7-5-4-6-8-11-15-19-16-12-10-13-17-19/h10,12-13,16-17,21H,3-9,11,14-15,18H2,1-2H3. The lowest BCUT2D eigenvalue weighted by Gasteiger charge is -2.10. The van der Waals surface area contributed by atoms with Crippen molar-refractivity contribution < 1.29 is 4.43 Å². The van der Waals surface area contributed by atoms with Crippen molar-refractivity contribution in [1.82, 2.24) is 0 Å². The summed E-state index contributed by atoms with van der Waals surface area (Å²) >= 11 is 0. The smallest absolute Gasteiger partial charge is 0.176 e. The van der Waals surface area contributed by atoms with Crippen LogP contribution in [0.5, 0.6) is 0 Å². The van der Waals surface area contributed by atoms with Crippen molar-refractivity contribution >= 4 is 9.04 Å². The summed E-state index contributed by atoms with van der Waals surface area (Å²) in [6, 6.07) is 13.5. The lowest BCUT2D eigenvalue weighted by molar-refractivity contribution is 0.416. The van der Waals surface area contributed by atoms with E-state index in [2.05, 4.69) is 37.3 Å². The van der Waals surface area contributed by atoms with Gasteiger partial charge in [0.15, 0.2) is 9.04 Å². The van der Waals surface area contributed by atoms with Gasteiger partial charge in [0.2, 0.25) is 0 Å². The van der Waals surface area contributed by atoms with Gasteiger partial charge in [-0.05, 0) is 30.5 Å². The summed E-state index contributed by atoms with van der Waals surface area (Å²) in [6.45, 7) is 2.27. The highest BCUT2D eigenvalue weighted by Crippen LogP contribution is 2.13. The fraction of sp³-hybridized carbons (Fsp3) is 0.684. The first-order valence-electron chi connectivity index (χ1n) is 8.93. The monoisotopic (exact) mass is 306 g/mol. The Morgan fingerprint density at radius 3 is 1.95 bits per heavy atom.